The maximum absolute atomic E-state index is 13.1. The SMILES string of the molecule is CC1=C(C(O)O)C(c2ccc(C#N)cc2)NC(=S)N1c1cccc(C(F)(F)F)c1. The number of rotatable bonds is 3. The summed E-state index contributed by atoms with van der Waals surface area (Å²) < 4.78 is 39.3. The van der Waals surface area contributed by atoms with Crippen LogP contribution in [0.2, 0.25) is 0 Å². The molecule has 0 radical (unpaired) electrons. The highest BCUT2D eigenvalue weighted by Gasteiger charge is 2.35. The number of aliphatic hydroxyl groups is 2. The molecular weight excluding hydrogens is 403 g/mol. The largest absolute Gasteiger partial charge is 0.416 e. The molecule has 0 bridgehead atoms. The van der Waals surface area contributed by atoms with Crippen molar-refractivity contribution >= 4 is 23.0 Å². The number of alkyl halides is 3. The van der Waals surface area contributed by atoms with Gasteiger partial charge in [-0.25, -0.2) is 0 Å². The summed E-state index contributed by atoms with van der Waals surface area (Å²) in [7, 11) is 0. The number of anilines is 1. The maximum Gasteiger partial charge on any atom is 0.416 e. The first-order valence-corrected chi connectivity index (χ1v) is 8.89. The van der Waals surface area contributed by atoms with Crippen molar-refractivity contribution in [1.82, 2.24) is 5.32 Å². The average Bonchev–Trinajstić information content (AvgIpc) is 2.67. The molecule has 1 aliphatic rings. The van der Waals surface area contributed by atoms with Crippen LogP contribution >= 0.6 is 12.2 Å². The van der Waals surface area contributed by atoms with Crippen LogP contribution in [0.15, 0.2) is 59.8 Å². The summed E-state index contributed by atoms with van der Waals surface area (Å²) in [6, 6.07) is 12.3. The van der Waals surface area contributed by atoms with Gasteiger partial charge in [0.1, 0.15) is 0 Å². The quantitative estimate of drug-likeness (QED) is 0.521. The molecule has 0 saturated heterocycles. The van der Waals surface area contributed by atoms with Crippen molar-refractivity contribution in [3.8, 4) is 6.07 Å². The van der Waals surface area contributed by atoms with Crippen LogP contribution in [0.1, 0.15) is 29.7 Å². The molecule has 1 atom stereocenters. The molecule has 3 N–H and O–H groups in total. The van der Waals surface area contributed by atoms with Gasteiger partial charge in [-0.1, -0.05) is 18.2 Å². The van der Waals surface area contributed by atoms with E-state index < -0.39 is 24.1 Å². The number of halogens is 3. The monoisotopic (exact) mass is 419 g/mol. The Morgan fingerprint density at radius 3 is 2.38 bits per heavy atom. The summed E-state index contributed by atoms with van der Waals surface area (Å²) >= 11 is 5.37. The van der Waals surface area contributed by atoms with Crippen LogP contribution in [-0.4, -0.2) is 21.6 Å². The minimum absolute atomic E-state index is 0.112. The molecule has 1 heterocycles. The van der Waals surface area contributed by atoms with E-state index in [-0.39, 0.29) is 16.4 Å². The third-order valence-corrected chi connectivity index (χ3v) is 4.92. The molecule has 150 valence electrons. The topological polar surface area (TPSA) is 79.5 Å². The summed E-state index contributed by atoms with van der Waals surface area (Å²) in [5, 5.41) is 31.9. The van der Waals surface area contributed by atoms with Crippen LogP contribution in [0, 0.1) is 11.3 Å². The number of nitriles is 1. The van der Waals surface area contributed by atoms with Crippen molar-refractivity contribution in [3.05, 3.63) is 76.5 Å². The second-order valence-electron chi connectivity index (χ2n) is 6.41. The molecule has 0 fully saturated rings. The fraction of sp³-hybridized carbons (Fsp3) is 0.200. The Morgan fingerprint density at radius 2 is 1.83 bits per heavy atom. The lowest BCUT2D eigenvalue weighted by Crippen LogP contribution is -2.48. The molecule has 0 aliphatic carbocycles. The third-order valence-electron chi connectivity index (χ3n) is 4.62. The van der Waals surface area contributed by atoms with Crippen LogP contribution in [0.3, 0.4) is 0 Å². The lowest BCUT2D eigenvalue weighted by molar-refractivity contribution is -0.137. The summed E-state index contributed by atoms with van der Waals surface area (Å²) in [5.41, 5.74) is 0.803. The lowest BCUT2D eigenvalue weighted by Gasteiger charge is -2.39. The maximum atomic E-state index is 13.1. The molecule has 0 amide bonds. The van der Waals surface area contributed by atoms with Crippen LogP contribution in [0.25, 0.3) is 0 Å². The number of hydrogen-bond acceptors (Lipinski definition) is 4. The Labute approximate surface area is 170 Å². The smallest absolute Gasteiger partial charge is 0.364 e. The lowest BCUT2D eigenvalue weighted by atomic mass is 9.93. The van der Waals surface area contributed by atoms with Gasteiger partial charge in [0.15, 0.2) is 11.4 Å². The predicted octanol–water partition coefficient (Wildman–Crippen LogP) is 3.60. The van der Waals surface area contributed by atoms with Crippen molar-refractivity contribution < 1.29 is 23.4 Å². The van der Waals surface area contributed by atoms with E-state index in [0.29, 0.717) is 16.8 Å². The number of nitrogens with one attached hydrogen (secondary N) is 1. The normalized spacial score (nSPS) is 17.4. The molecule has 3 rings (SSSR count). The van der Waals surface area contributed by atoms with Crippen LogP contribution in [-0.2, 0) is 6.18 Å². The molecular formula is C20H16F3N3O2S. The van der Waals surface area contributed by atoms with Gasteiger partial charge in [-0.3, -0.25) is 4.90 Å². The first-order chi connectivity index (χ1) is 13.6. The van der Waals surface area contributed by atoms with Gasteiger partial charge in [0.2, 0.25) is 0 Å². The molecule has 0 spiro atoms. The Balaban J connectivity index is 2.09. The van der Waals surface area contributed by atoms with E-state index in [4.69, 9.17) is 17.5 Å². The fourth-order valence-electron chi connectivity index (χ4n) is 3.24. The number of allylic oxidation sites excluding steroid dienone is 1. The molecule has 5 nitrogen and oxygen atoms in total. The van der Waals surface area contributed by atoms with E-state index in [0.717, 1.165) is 12.1 Å². The zero-order valence-electron chi connectivity index (χ0n) is 15.1. The van der Waals surface area contributed by atoms with Crippen LogP contribution < -0.4 is 10.2 Å². The van der Waals surface area contributed by atoms with Crippen molar-refractivity contribution in [1.29, 1.82) is 5.26 Å². The molecule has 29 heavy (non-hydrogen) atoms. The highest BCUT2D eigenvalue weighted by Crippen LogP contribution is 2.37. The van der Waals surface area contributed by atoms with Crippen molar-refractivity contribution in [2.24, 2.45) is 0 Å². The zero-order chi connectivity index (χ0) is 21.3. The Hall–Kier alpha value is -2.93. The number of thiocarbonyl (C=S) groups is 1. The van der Waals surface area contributed by atoms with E-state index in [9.17, 15) is 23.4 Å². The van der Waals surface area contributed by atoms with Crippen LogP contribution in [0.5, 0.6) is 0 Å². The summed E-state index contributed by atoms with van der Waals surface area (Å²) in [6.45, 7) is 1.55. The zero-order valence-corrected chi connectivity index (χ0v) is 15.9. The number of benzene rings is 2. The first kappa shape index (κ1) is 20.8. The minimum Gasteiger partial charge on any atom is -0.364 e. The molecule has 0 saturated carbocycles. The van der Waals surface area contributed by atoms with Crippen molar-refractivity contribution in [3.63, 3.8) is 0 Å². The van der Waals surface area contributed by atoms with Gasteiger partial charge in [0.25, 0.3) is 0 Å². The highest BCUT2D eigenvalue weighted by molar-refractivity contribution is 7.80. The van der Waals surface area contributed by atoms with Gasteiger partial charge >= 0.3 is 6.18 Å². The van der Waals surface area contributed by atoms with Gasteiger partial charge in [-0.05, 0) is 55.0 Å². The van der Waals surface area contributed by atoms with Gasteiger partial charge < -0.3 is 15.5 Å². The third kappa shape index (κ3) is 4.10. The molecule has 1 unspecified atom stereocenters. The van der Waals surface area contributed by atoms with E-state index in [2.05, 4.69) is 5.32 Å². The van der Waals surface area contributed by atoms with E-state index in [1.165, 1.54) is 17.0 Å². The Bertz CT molecular complexity index is 1010. The molecule has 2 aromatic rings. The average molecular weight is 419 g/mol. The summed E-state index contributed by atoms with van der Waals surface area (Å²) in [6.07, 6.45) is -6.40. The van der Waals surface area contributed by atoms with Crippen LogP contribution in [0.4, 0.5) is 18.9 Å². The molecule has 1 aliphatic heterocycles. The molecule has 9 heteroatoms. The van der Waals surface area contributed by atoms with Crippen molar-refractivity contribution in [2.45, 2.75) is 25.4 Å². The standard InChI is InChI=1S/C20H16F3N3O2S/c1-11-16(18(27)28)17(13-7-5-12(10-24)6-8-13)25-19(29)26(11)15-4-2-3-14(9-15)20(21,22)23/h2-9,17-18,27-28H,1H3,(H,25,29). The second-order valence-corrected chi connectivity index (χ2v) is 6.80. The van der Waals surface area contributed by atoms with E-state index >= 15 is 0 Å². The summed E-state index contributed by atoms with van der Waals surface area (Å²) in [5.74, 6) is 0. The van der Waals surface area contributed by atoms with Gasteiger partial charge in [0.05, 0.1) is 23.2 Å². The Morgan fingerprint density at radius 1 is 1.17 bits per heavy atom. The fourth-order valence-corrected chi connectivity index (χ4v) is 3.60. The minimum atomic E-state index is -4.52. The Kier molecular flexibility index (Phi) is 5.61. The number of aliphatic hydroxyl groups excluding tert-OH is 1. The van der Waals surface area contributed by atoms with Gasteiger partial charge in [-0.15, -0.1) is 0 Å². The first-order valence-electron chi connectivity index (χ1n) is 8.48. The second kappa shape index (κ2) is 7.83. The van der Waals surface area contributed by atoms with Crippen molar-refractivity contribution in [2.75, 3.05) is 4.90 Å². The number of hydrogen-bond donors (Lipinski definition) is 3. The summed E-state index contributed by atoms with van der Waals surface area (Å²) in [4.78, 5) is 1.33. The van der Waals surface area contributed by atoms with Gasteiger partial charge in [-0.2, -0.15) is 18.4 Å². The van der Waals surface area contributed by atoms with Gasteiger partial charge in [0, 0.05) is 17.0 Å². The molecule has 2 aromatic carbocycles. The predicted molar refractivity (Wildman–Crippen MR) is 104 cm³/mol. The van der Waals surface area contributed by atoms with E-state index in [1.807, 2.05) is 6.07 Å². The highest BCUT2D eigenvalue weighted by atomic mass is 32.1. The number of nitrogens with zero attached hydrogens (tertiary/aromatic N) is 2. The van der Waals surface area contributed by atoms with E-state index in [1.54, 1.807) is 31.2 Å². The molecule has 0 aromatic heterocycles.